The van der Waals surface area contributed by atoms with Gasteiger partial charge in [-0.2, -0.15) is 0 Å². The smallest absolute Gasteiger partial charge is 0.240 e. The van der Waals surface area contributed by atoms with Crippen LogP contribution in [0.2, 0.25) is 0 Å². The lowest BCUT2D eigenvalue weighted by molar-refractivity contribution is 0.580. The Kier molecular flexibility index (Phi) is 5.37. The van der Waals surface area contributed by atoms with Crippen LogP contribution in [0.4, 0.5) is 0 Å². The zero-order valence-electron chi connectivity index (χ0n) is 15.2. The monoisotopic (exact) mass is 430 g/mol. The minimum Gasteiger partial charge on any atom is -0.456 e. The summed E-state index contributed by atoms with van der Waals surface area (Å²) in [6.07, 6.45) is 0. The van der Waals surface area contributed by atoms with Gasteiger partial charge in [0.1, 0.15) is 11.2 Å². The number of furan rings is 1. The number of nitrogens with one attached hydrogen (secondary N) is 2. The Labute approximate surface area is 169 Å². The molecule has 0 amide bonds. The van der Waals surface area contributed by atoms with Gasteiger partial charge in [-0.3, -0.25) is 0 Å². The molecule has 150 valence electrons. The maximum absolute atomic E-state index is 12.8. The Morgan fingerprint density at radius 2 is 1.45 bits per heavy atom. The molecular formula is C20H18N2O5S2. The first-order valence-corrected chi connectivity index (χ1v) is 11.5. The van der Waals surface area contributed by atoms with Gasteiger partial charge in [0, 0.05) is 23.9 Å². The molecule has 0 aliphatic carbocycles. The second-order valence-electron chi connectivity index (χ2n) is 6.44. The van der Waals surface area contributed by atoms with Crippen LogP contribution in [-0.4, -0.2) is 16.8 Å². The van der Waals surface area contributed by atoms with Crippen LogP contribution in [0, 0.1) is 0 Å². The third-order valence-electron chi connectivity index (χ3n) is 4.63. The molecule has 0 saturated carbocycles. The fourth-order valence-corrected chi connectivity index (χ4v) is 4.51. The van der Waals surface area contributed by atoms with E-state index in [1.54, 1.807) is 36.4 Å². The number of rotatable bonds is 7. The highest BCUT2D eigenvalue weighted by Gasteiger charge is 2.17. The van der Waals surface area contributed by atoms with Gasteiger partial charge in [-0.05, 0) is 35.4 Å². The molecule has 0 radical (unpaired) electrons. The normalized spacial score (nSPS) is 12.2. The fraction of sp³-hybridized carbons (Fsp3) is 0.100. The molecule has 0 unspecified atom stereocenters. The summed E-state index contributed by atoms with van der Waals surface area (Å²) in [6, 6.07) is 19.2. The van der Waals surface area contributed by atoms with Crippen molar-refractivity contribution in [2.45, 2.75) is 18.0 Å². The highest BCUT2D eigenvalue weighted by atomic mass is 32.2. The molecule has 0 aliphatic heterocycles. The summed E-state index contributed by atoms with van der Waals surface area (Å²) in [6.45, 7) is 0.142. The summed E-state index contributed by atoms with van der Waals surface area (Å²) in [7, 11) is -6.51. The standard InChI is InChI=1S/C20H18N2O5S2/c23-28(24)21-12-14-5-1-2-6-15(14)13-22-29(25,26)16-9-10-20-18(11-16)17-7-3-4-8-19(17)27-20/h1-11,22,28H,12-13H2,(H,21,23,24). The fourth-order valence-electron chi connectivity index (χ4n) is 3.18. The van der Waals surface area contributed by atoms with Crippen LogP contribution in [-0.2, 0) is 34.0 Å². The average Bonchev–Trinajstić information content (AvgIpc) is 3.09. The number of para-hydroxylation sites is 1. The van der Waals surface area contributed by atoms with Gasteiger partial charge in [0.15, 0.2) is 0 Å². The van der Waals surface area contributed by atoms with E-state index >= 15 is 0 Å². The molecule has 1 heterocycles. The van der Waals surface area contributed by atoms with Crippen molar-refractivity contribution in [3.05, 3.63) is 77.9 Å². The highest BCUT2D eigenvalue weighted by molar-refractivity contribution is 7.89. The number of hydrogen-bond donors (Lipinski definition) is 3. The molecular weight excluding hydrogens is 412 g/mol. The average molecular weight is 431 g/mol. The van der Waals surface area contributed by atoms with E-state index in [0.717, 1.165) is 10.8 Å². The van der Waals surface area contributed by atoms with Crippen LogP contribution in [0.5, 0.6) is 0 Å². The molecule has 0 bridgehead atoms. The first-order chi connectivity index (χ1) is 13.9. The van der Waals surface area contributed by atoms with Crippen LogP contribution >= 0.6 is 0 Å². The molecule has 0 spiro atoms. The first kappa shape index (κ1) is 19.6. The lowest BCUT2D eigenvalue weighted by Gasteiger charge is -2.11. The van der Waals surface area contributed by atoms with Gasteiger partial charge in [0.2, 0.25) is 20.9 Å². The van der Waals surface area contributed by atoms with Gasteiger partial charge in [-0.1, -0.05) is 42.5 Å². The predicted molar refractivity (Wildman–Crippen MR) is 111 cm³/mol. The second-order valence-corrected chi connectivity index (χ2v) is 9.04. The summed E-state index contributed by atoms with van der Waals surface area (Å²) < 4.78 is 57.9. The molecule has 29 heavy (non-hydrogen) atoms. The van der Waals surface area contributed by atoms with Crippen LogP contribution < -0.4 is 9.44 Å². The molecule has 0 saturated heterocycles. The van der Waals surface area contributed by atoms with Crippen LogP contribution in [0.1, 0.15) is 11.1 Å². The van der Waals surface area contributed by atoms with Gasteiger partial charge in [0.25, 0.3) is 0 Å². The lowest BCUT2D eigenvalue weighted by Crippen LogP contribution is -2.24. The van der Waals surface area contributed by atoms with Crippen molar-refractivity contribution < 1.29 is 21.3 Å². The summed E-state index contributed by atoms with van der Waals surface area (Å²) in [5.74, 6) is 0. The van der Waals surface area contributed by atoms with Crippen molar-refractivity contribution in [2.75, 3.05) is 0 Å². The summed E-state index contributed by atoms with van der Waals surface area (Å²) in [5, 5.41) is 1.58. The van der Waals surface area contributed by atoms with Crippen LogP contribution in [0.25, 0.3) is 21.9 Å². The number of sulfonamides is 1. The zero-order valence-corrected chi connectivity index (χ0v) is 16.9. The molecule has 1 aromatic heterocycles. The van der Waals surface area contributed by atoms with Crippen molar-refractivity contribution in [2.24, 2.45) is 0 Å². The van der Waals surface area contributed by atoms with Crippen molar-refractivity contribution >= 4 is 42.9 Å². The van der Waals surface area contributed by atoms with E-state index in [1.165, 1.54) is 6.07 Å². The van der Waals surface area contributed by atoms with E-state index in [-0.39, 0.29) is 18.0 Å². The van der Waals surface area contributed by atoms with Gasteiger partial charge < -0.3 is 4.42 Å². The molecule has 4 aromatic rings. The zero-order chi connectivity index (χ0) is 20.4. The van der Waals surface area contributed by atoms with Gasteiger partial charge in [0.05, 0.1) is 4.90 Å². The maximum atomic E-state index is 12.8. The quantitative estimate of drug-likeness (QED) is 0.391. The SMILES string of the molecule is O=[SH](=O)NCc1ccccc1CNS(=O)(=O)c1ccc2oc3ccccc3c2c1. The minimum atomic E-state index is -3.78. The van der Waals surface area contributed by atoms with Crippen molar-refractivity contribution in [3.63, 3.8) is 0 Å². The van der Waals surface area contributed by atoms with Crippen molar-refractivity contribution in [3.8, 4) is 0 Å². The molecule has 0 aliphatic rings. The summed E-state index contributed by atoms with van der Waals surface area (Å²) in [5.41, 5.74) is 2.71. The number of hydrogen-bond acceptors (Lipinski definition) is 5. The van der Waals surface area contributed by atoms with E-state index in [1.807, 2.05) is 24.3 Å². The van der Waals surface area contributed by atoms with Crippen molar-refractivity contribution in [1.82, 2.24) is 9.44 Å². The van der Waals surface area contributed by atoms with Gasteiger partial charge in [-0.15, -0.1) is 0 Å². The number of fused-ring (bicyclic) bond motifs is 3. The van der Waals surface area contributed by atoms with E-state index in [9.17, 15) is 16.8 Å². The topological polar surface area (TPSA) is 105 Å². The second kappa shape index (κ2) is 7.96. The van der Waals surface area contributed by atoms with E-state index in [2.05, 4.69) is 9.44 Å². The Hall–Kier alpha value is -2.72. The number of benzene rings is 3. The third-order valence-corrected chi connectivity index (χ3v) is 6.44. The molecule has 0 fully saturated rings. The molecule has 3 aromatic carbocycles. The molecule has 4 rings (SSSR count). The van der Waals surface area contributed by atoms with Crippen LogP contribution in [0.15, 0.2) is 76.0 Å². The highest BCUT2D eigenvalue weighted by Crippen LogP contribution is 2.30. The molecule has 2 N–H and O–H groups in total. The Bertz CT molecular complexity index is 1370. The predicted octanol–water partition coefficient (Wildman–Crippen LogP) is 2.68. The largest absolute Gasteiger partial charge is 0.456 e. The minimum absolute atomic E-state index is 0.0417. The Morgan fingerprint density at radius 1 is 0.793 bits per heavy atom. The Balaban J connectivity index is 1.60. The van der Waals surface area contributed by atoms with E-state index < -0.39 is 20.9 Å². The van der Waals surface area contributed by atoms with Crippen LogP contribution in [0.3, 0.4) is 0 Å². The first-order valence-electron chi connectivity index (χ1n) is 8.80. The third kappa shape index (κ3) is 4.18. The van der Waals surface area contributed by atoms with Gasteiger partial charge >= 0.3 is 0 Å². The van der Waals surface area contributed by atoms with Crippen molar-refractivity contribution in [1.29, 1.82) is 0 Å². The lowest BCUT2D eigenvalue weighted by atomic mass is 10.1. The summed E-state index contributed by atoms with van der Waals surface area (Å²) >= 11 is 0. The number of thiol groups is 1. The molecule has 0 atom stereocenters. The molecule has 9 heteroatoms. The van der Waals surface area contributed by atoms with E-state index in [0.29, 0.717) is 22.3 Å². The van der Waals surface area contributed by atoms with E-state index in [4.69, 9.17) is 4.42 Å². The summed E-state index contributed by atoms with van der Waals surface area (Å²) in [4.78, 5) is 0.134. The maximum Gasteiger partial charge on any atom is 0.240 e. The van der Waals surface area contributed by atoms with Gasteiger partial charge in [-0.25, -0.2) is 26.3 Å². The molecule has 7 nitrogen and oxygen atoms in total. The Morgan fingerprint density at radius 3 is 2.21 bits per heavy atom.